The zero-order chi connectivity index (χ0) is 12.4. The number of rotatable bonds is 2. The summed E-state index contributed by atoms with van der Waals surface area (Å²) in [4.78, 5) is 23.8. The standard InChI is InChI=1S/C13H13BrO3/c1-2-17-13(16)10-6-4-8-3-5-9(14)7-11(8)12(10)15/h3,5,7,10H,2,4,6H2,1H3/t10-/m0/s1. The van der Waals surface area contributed by atoms with Crippen LogP contribution in [0, 0.1) is 5.92 Å². The fraction of sp³-hybridized carbons (Fsp3) is 0.385. The topological polar surface area (TPSA) is 43.4 Å². The molecule has 0 bridgehead atoms. The van der Waals surface area contributed by atoms with Crippen LogP contribution in [0.15, 0.2) is 22.7 Å². The number of carbonyl (C=O) groups excluding carboxylic acids is 2. The maximum atomic E-state index is 12.2. The van der Waals surface area contributed by atoms with Crippen LogP contribution in [0.5, 0.6) is 0 Å². The highest BCUT2D eigenvalue weighted by atomic mass is 79.9. The van der Waals surface area contributed by atoms with E-state index in [9.17, 15) is 9.59 Å². The van der Waals surface area contributed by atoms with Crippen molar-refractivity contribution in [3.8, 4) is 0 Å². The molecule has 17 heavy (non-hydrogen) atoms. The van der Waals surface area contributed by atoms with E-state index in [1.54, 1.807) is 13.0 Å². The minimum atomic E-state index is -0.628. The molecule has 2 rings (SSSR count). The monoisotopic (exact) mass is 296 g/mol. The van der Waals surface area contributed by atoms with E-state index in [2.05, 4.69) is 15.9 Å². The predicted octanol–water partition coefficient (Wildman–Crippen LogP) is 2.76. The van der Waals surface area contributed by atoms with Crippen molar-refractivity contribution < 1.29 is 14.3 Å². The van der Waals surface area contributed by atoms with Crippen molar-refractivity contribution in [2.24, 2.45) is 5.92 Å². The molecule has 0 amide bonds. The fourth-order valence-electron chi connectivity index (χ4n) is 2.08. The molecule has 0 saturated heterocycles. The average molecular weight is 297 g/mol. The lowest BCUT2D eigenvalue weighted by molar-refractivity contribution is -0.146. The predicted molar refractivity (Wildman–Crippen MR) is 66.9 cm³/mol. The van der Waals surface area contributed by atoms with Gasteiger partial charge in [0.15, 0.2) is 5.78 Å². The summed E-state index contributed by atoms with van der Waals surface area (Å²) in [7, 11) is 0. The first-order valence-corrected chi connectivity index (χ1v) is 6.42. The van der Waals surface area contributed by atoms with Gasteiger partial charge in [-0.2, -0.15) is 0 Å². The highest BCUT2D eigenvalue weighted by Gasteiger charge is 2.33. The van der Waals surface area contributed by atoms with Gasteiger partial charge in [-0.1, -0.05) is 22.0 Å². The first kappa shape index (κ1) is 12.3. The van der Waals surface area contributed by atoms with Crippen molar-refractivity contribution in [1.29, 1.82) is 0 Å². The van der Waals surface area contributed by atoms with Crippen LogP contribution in [0.1, 0.15) is 29.3 Å². The first-order valence-electron chi connectivity index (χ1n) is 5.62. The van der Waals surface area contributed by atoms with E-state index in [0.29, 0.717) is 18.6 Å². The Hall–Kier alpha value is -1.16. The number of esters is 1. The smallest absolute Gasteiger partial charge is 0.316 e. The van der Waals surface area contributed by atoms with Crippen molar-refractivity contribution >= 4 is 27.7 Å². The third kappa shape index (κ3) is 2.41. The number of fused-ring (bicyclic) bond motifs is 1. The molecule has 0 aliphatic heterocycles. The molecular weight excluding hydrogens is 284 g/mol. The van der Waals surface area contributed by atoms with Crippen molar-refractivity contribution in [3.63, 3.8) is 0 Å². The molecule has 0 aromatic heterocycles. The number of benzene rings is 1. The van der Waals surface area contributed by atoms with Crippen LogP contribution in [0.25, 0.3) is 0 Å². The van der Waals surface area contributed by atoms with Gasteiger partial charge in [-0.25, -0.2) is 0 Å². The molecule has 1 aliphatic rings. The Bertz CT molecular complexity index is 468. The van der Waals surface area contributed by atoms with Crippen LogP contribution in [0.4, 0.5) is 0 Å². The highest BCUT2D eigenvalue weighted by Crippen LogP contribution is 2.28. The third-order valence-electron chi connectivity index (χ3n) is 2.93. The fourth-order valence-corrected chi connectivity index (χ4v) is 2.44. The van der Waals surface area contributed by atoms with E-state index >= 15 is 0 Å². The molecule has 0 fully saturated rings. The Morgan fingerprint density at radius 1 is 1.53 bits per heavy atom. The lowest BCUT2D eigenvalue weighted by Gasteiger charge is -2.21. The van der Waals surface area contributed by atoms with Crippen LogP contribution < -0.4 is 0 Å². The molecule has 0 heterocycles. The van der Waals surface area contributed by atoms with E-state index in [-0.39, 0.29) is 5.78 Å². The summed E-state index contributed by atoms with van der Waals surface area (Å²) >= 11 is 3.34. The van der Waals surface area contributed by atoms with Crippen LogP contribution in [-0.4, -0.2) is 18.4 Å². The van der Waals surface area contributed by atoms with Gasteiger partial charge in [-0.15, -0.1) is 0 Å². The lowest BCUT2D eigenvalue weighted by Crippen LogP contribution is -2.31. The molecule has 1 aliphatic carbocycles. The van der Waals surface area contributed by atoms with Gasteiger partial charge in [0.2, 0.25) is 0 Å². The van der Waals surface area contributed by atoms with Crippen LogP contribution in [0.3, 0.4) is 0 Å². The average Bonchev–Trinajstić information content (AvgIpc) is 2.30. The molecule has 3 nitrogen and oxygen atoms in total. The molecule has 0 saturated carbocycles. The summed E-state index contributed by atoms with van der Waals surface area (Å²) in [5.74, 6) is -1.15. The van der Waals surface area contributed by atoms with Gasteiger partial charge in [-0.3, -0.25) is 9.59 Å². The van der Waals surface area contributed by atoms with Gasteiger partial charge in [0, 0.05) is 10.0 Å². The summed E-state index contributed by atoms with van der Waals surface area (Å²) in [6.45, 7) is 2.06. The maximum absolute atomic E-state index is 12.2. The summed E-state index contributed by atoms with van der Waals surface area (Å²) in [5.41, 5.74) is 1.66. The van der Waals surface area contributed by atoms with Crippen molar-refractivity contribution in [2.45, 2.75) is 19.8 Å². The minimum Gasteiger partial charge on any atom is -0.465 e. The molecular formula is C13H13BrO3. The van der Waals surface area contributed by atoms with Gasteiger partial charge in [0.05, 0.1) is 6.61 Å². The lowest BCUT2D eigenvalue weighted by atomic mass is 9.83. The minimum absolute atomic E-state index is 0.119. The quantitative estimate of drug-likeness (QED) is 0.623. The Morgan fingerprint density at radius 2 is 2.29 bits per heavy atom. The van der Waals surface area contributed by atoms with Gasteiger partial charge >= 0.3 is 5.97 Å². The van der Waals surface area contributed by atoms with Gasteiger partial charge in [-0.05, 0) is 37.5 Å². The largest absolute Gasteiger partial charge is 0.465 e. The van der Waals surface area contributed by atoms with Crippen molar-refractivity contribution in [3.05, 3.63) is 33.8 Å². The first-order chi connectivity index (χ1) is 8.13. The number of hydrogen-bond donors (Lipinski definition) is 0. The summed E-state index contributed by atoms with van der Waals surface area (Å²) in [5, 5.41) is 0. The van der Waals surface area contributed by atoms with E-state index in [0.717, 1.165) is 16.5 Å². The second-order valence-electron chi connectivity index (χ2n) is 4.01. The maximum Gasteiger partial charge on any atom is 0.316 e. The number of ether oxygens (including phenoxy) is 1. The molecule has 1 aromatic rings. The summed E-state index contributed by atoms with van der Waals surface area (Å²) < 4.78 is 5.78. The second-order valence-corrected chi connectivity index (χ2v) is 4.92. The van der Waals surface area contributed by atoms with Crippen LogP contribution in [-0.2, 0) is 16.0 Å². The number of Topliss-reactive ketones (excluding diaryl/α,β-unsaturated/α-hetero) is 1. The number of halogens is 1. The SMILES string of the molecule is CCOC(=O)[C@H]1CCc2ccc(Br)cc2C1=O. The van der Waals surface area contributed by atoms with Crippen LogP contribution in [0.2, 0.25) is 0 Å². The van der Waals surface area contributed by atoms with E-state index in [1.165, 1.54) is 0 Å². The molecule has 0 radical (unpaired) electrons. The van der Waals surface area contributed by atoms with E-state index < -0.39 is 11.9 Å². The zero-order valence-electron chi connectivity index (χ0n) is 9.53. The van der Waals surface area contributed by atoms with E-state index in [4.69, 9.17) is 4.74 Å². The van der Waals surface area contributed by atoms with Crippen molar-refractivity contribution in [2.75, 3.05) is 6.61 Å². The van der Waals surface area contributed by atoms with Crippen molar-refractivity contribution in [1.82, 2.24) is 0 Å². The Kier molecular flexibility index (Phi) is 3.62. The second kappa shape index (κ2) is 5.00. The van der Waals surface area contributed by atoms with Gasteiger partial charge in [0.1, 0.15) is 5.92 Å². The number of hydrogen-bond acceptors (Lipinski definition) is 3. The van der Waals surface area contributed by atoms with Crippen LogP contribution >= 0.6 is 15.9 Å². The number of aryl methyl sites for hydroxylation is 1. The number of ketones is 1. The normalized spacial score (nSPS) is 18.7. The molecule has 0 spiro atoms. The Morgan fingerprint density at radius 3 is 3.00 bits per heavy atom. The summed E-state index contributed by atoms with van der Waals surface area (Å²) in [6, 6.07) is 5.62. The molecule has 0 N–H and O–H groups in total. The Balaban J connectivity index is 2.29. The molecule has 4 heteroatoms. The molecule has 0 unspecified atom stereocenters. The molecule has 1 atom stereocenters. The molecule has 1 aromatic carbocycles. The van der Waals surface area contributed by atoms with E-state index in [1.807, 2.05) is 12.1 Å². The summed E-state index contributed by atoms with van der Waals surface area (Å²) in [6.07, 6.45) is 1.30. The zero-order valence-corrected chi connectivity index (χ0v) is 11.1. The number of carbonyl (C=O) groups is 2. The molecule has 90 valence electrons. The Labute approximate surface area is 108 Å². The third-order valence-corrected chi connectivity index (χ3v) is 3.42. The van der Waals surface area contributed by atoms with Gasteiger partial charge < -0.3 is 4.74 Å². The van der Waals surface area contributed by atoms with Gasteiger partial charge in [0.25, 0.3) is 0 Å². The highest BCUT2D eigenvalue weighted by molar-refractivity contribution is 9.10.